The summed E-state index contributed by atoms with van der Waals surface area (Å²) in [4.78, 5) is 18.3. The van der Waals surface area contributed by atoms with Crippen LogP contribution in [-0.4, -0.2) is 23.0 Å². The SMILES string of the molecule is CCCN(CCC)c1cnc(-c2c(C)ccc([N+](=O)[O-])c2C)c2ccccc12. The quantitative estimate of drug-likeness (QED) is 0.371. The number of nitro benzene ring substituents is 1. The molecule has 0 saturated carbocycles. The minimum absolute atomic E-state index is 0.133. The standard InChI is InChI=1S/C23H27N3O2/c1-5-13-25(14-6-2)21-15-24-23(19-10-8-7-9-18(19)21)22-16(3)11-12-20(17(22)4)26(27)28/h7-12,15H,5-6,13-14H2,1-4H3. The molecule has 3 aromatic rings. The Balaban J connectivity index is 2.28. The van der Waals surface area contributed by atoms with E-state index in [-0.39, 0.29) is 10.6 Å². The highest BCUT2D eigenvalue weighted by Gasteiger charge is 2.21. The van der Waals surface area contributed by atoms with E-state index < -0.39 is 0 Å². The van der Waals surface area contributed by atoms with Crippen LogP contribution < -0.4 is 4.90 Å². The van der Waals surface area contributed by atoms with E-state index in [0.717, 1.165) is 59.2 Å². The molecular formula is C23H27N3O2. The number of anilines is 1. The molecule has 0 N–H and O–H groups in total. The molecule has 5 nitrogen and oxygen atoms in total. The van der Waals surface area contributed by atoms with Crippen LogP contribution in [0, 0.1) is 24.0 Å². The molecular weight excluding hydrogens is 350 g/mol. The van der Waals surface area contributed by atoms with E-state index in [0.29, 0.717) is 5.56 Å². The normalized spacial score (nSPS) is 11.0. The zero-order valence-corrected chi connectivity index (χ0v) is 17.0. The molecule has 0 atom stereocenters. The van der Waals surface area contributed by atoms with Crippen LogP contribution in [0.5, 0.6) is 0 Å². The number of hydrogen-bond acceptors (Lipinski definition) is 4. The number of fused-ring (bicyclic) bond motifs is 1. The van der Waals surface area contributed by atoms with E-state index in [2.05, 4.69) is 30.9 Å². The number of hydrogen-bond donors (Lipinski definition) is 0. The van der Waals surface area contributed by atoms with Gasteiger partial charge in [-0.2, -0.15) is 0 Å². The summed E-state index contributed by atoms with van der Waals surface area (Å²) in [7, 11) is 0. The molecule has 0 unspecified atom stereocenters. The Morgan fingerprint density at radius 2 is 1.64 bits per heavy atom. The molecule has 28 heavy (non-hydrogen) atoms. The van der Waals surface area contributed by atoms with Crippen molar-refractivity contribution >= 4 is 22.1 Å². The van der Waals surface area contributed by atoms with Gasteiger partial charge in [-0.15, -0.1) is 0 Å². The topological polar surface area (TPSA) is 59.3 Å². The van der Waals surface area contributed by atoms with Gasteiger partial charge < -0.3 is 4.90 Å². The molecule has 0 saturated heterocycles. The van der Waals surface area contributed by atoms with Crippen molar-refractivity contribution in [1.82, 2.24) is 4.98 Å². The number of nitro groups is 1. The van der Waals surface area contributed by atoms with E-state index in [4.69, 9.17) is 4.98 Å². The van der Waals surface area contributed by atoms with Gasteiger partial charge in [0.05, 0.1) is 22.5 Å². The molecule has 1 aromatic heterocycles. The van der Waals surface area contributed by atoms with Crippen LogP contribution in [0.1, 0.15) is 37.8 Å². The molecule has 1 heterocycles. The molecule has 0 aliphatic rings. The van der Waals surface area contributed by atoms with Crippen molar-refractivity contribution in [1.29, 1.82) is 0 Å². The number of pyridine rings is 1. The maximum Gasteiger partial charge on any atom is 0.272 e. The van der Waals surface area contributed by atoms with Crippen LogP contribution in [0.2, 0.25) is 0 Å². The van der Waals surface area contributed by atoms with Crippen LogP contribution in [0.15, 0.2) is 42.6 Å². The van der Waals surface area contributed by atoms with Gasteiger partial charge in [-0.25, -0.2) is 0 Å². The van der Waals surface area contributed by atoms with E-state index >= 15 is 0 Å². The molecule has 2 aromatic carbocycles. The first kappa shape index (κ1) is 19.8. The highest BCUT2D eigenvalue weighted by atomic mass is 16.6. The van der Waals surface area contributed by atoms with E-state index in [1.165, 1.54) is 0 Å². The first-order valence-electron chi connectivity index (χ1n) is 9.87. The summed E-state index contributed by atoms with van der Waals surface area (Å²) in [6, 6.07) is 11.6. The van der Waals surface area contributed by atoms with Crippen LogP contribution >= 0.6 is 0 Å². The zero-order valence-electron chi connectivity index (χ0n) is 17.0. The van der Waals surface area contributed by atoms with Crippen molar-refractivity contribution < 1.29 is 4.92 Å². The molecule has 146 valence electrons. The molecule has 0 spiro atoms. The Hall–Kier alpha value is -2.95. The molecule has 0 radical (unpaired) electrons. The van der Waals surface area contributed by atoms with Gasteiger partial charge in [-0.05, 0) is 32.3 Å². The van der Waals surface area contributed by atoms with Gasteiger partial charge in [0.1, 0.15) is 0 Å². The minimum atomic E-state index is -0.320. The smallest absolute Gasteiger partial charge is 0.272 e. The first-order valence-corrected chi connectivity index (χ1v) is 9.87. The van der Waals surface area contributed by atoms with Gasteiger partial charge >= 0.3 is 0 Å². The summed E-state index contributed by atoms with van der Waals surface area (Å²) in [5.41, 5.74) is 4.58. The molecule has 0 amide bonds. The Kier molecular flexibility index (Phi) is 5.93. The third kappa shape index (κ3) is 3.57. The Bertz CT molecular complexity index is 1010. The molecule has 0 aliphatic heterocycles. The molecule has 0 aliphatic carbocycles. The monoisotopic (exact) mass is 377 g/mol. The lowest BCUT2D eigenvalue weighted by Gasteiger charge is -2.26. The van der Waals surface area contributed by atoms with Crippen molar-refractivity contribution in [3.63, 3.8) is 0 Å². The third-order valence-electron chi connectivity index (χ3n) is 5.18. The fraction of sp³-hybridized carbons (Fsp3) is 0.348. The summed E-state index contributed by atoms with van der Waals surface area (Å²) in [6.45, 7) is 10.1. The fourth-order valence-corrected chi connectivity index (χ4v) is 3.92. The number of aromatic nitrogens is 1. The Labute approximate surface area is 166 Å². The Morgan fingerprint density at radius 1 is 1.00 bits per heavy atom. The highest BCUT2D eigenvalue weighted by molar-refractivity contribution is 6.02. The van der Waals surface area contributed by atoms with Gasteiger partial charge in [0.25, 0.3) is 5.69 Å². The van der Waals surface area contributed by atoms with E-state index in [9.17, 15) is 10.1 Å². The van der Waals surface area contributed by atoms with E-state index in [1.54, 1.807) is 6.07 Å². The lowest BCUT2D eigenvalue weighted by molar-refractivity contribution is -0.385. The summed E-state index contributed by atoms with van der Waals surface area (Å²) in [5.74, 6) is 0. The van der Waals surface area contributed by atoms with Gasteiger partial charge in [0.15, 0.2) is 0 Å². The second-order valence-electron chi connectivity index (χ2n) is 7.18. The predicted octanol–water partition coefficient (Wildman–Crippen LogP) is 6.05. The van der Waals surface area contributed by atoms with Gasteiger partial charge in [-0.1, -0.05) is 44.2 Å². The van der Waals surface area contributed by atoms with Crippen LogP contribution in [-0.2, 0) is 0 Å². The average Bonchev–Trinajstić information content (AvgIpc) is 2.67. The molecule has 0 fully saturated rings. The fourth-order valence-electron chi connectivity index (χ4n) is 3.92. The summed E-state index contributed by atoms with van der Waals surface area (Å²) in [5, 5.41) is 13.6. The summed E-state index contributed by atoms with van der Waals surface area (Å²) >= 11 is 0. The van der Waals surface area contributed by atoms with Crippen molar-refractivity contribution in [2.45, 2.75) is 40.5 Å². The number of aryl methyl sites for hydroxylation is 1. The van der Waals surface area contributed by atoms with Crippen molar-refractivity contribution in [2.75, 3.05) is 18.0 Å². The first-order chi connectivity index (χ1) is 13.5. The van der Waals surface area contributed by atoms with Gasteiger partial charge in [0, 0.05) is 41.1 Å². The number of nitrogens with zero attached hydrogens (tertiary/aromatic N) is 3. The largest absolute Gasteiger partial charge is 0.370 e. The number of benzene rings is 2. The van der Waals surface area contributed by atoms with Crippen LogP contribution in [0.3, 0.4) is 0 Å². The zero-order chi connectivity index (χ0) is 20.3. The van der Waals surface area contributed by atoms with Crippen molar-refractivity contribution in [2.24, 2.45) is 0 Å². The lowest BCUT2D eigenvalue weighted by Crippen LogP contribution is -2.25. The highest BCUT2D eigenvalue weighted by Crippen LogP contribution is 2.38. The van der Waals surface area contributed by atoms with Gasteiger partial charge in [-0.3, -0.25) is 15.1 Å². The minimum Gasteiger partial charge on any atom is -0.370 e. The van der Waals surface area contributed by atoms with Crippen LogP contribution in [0.25, 0.3) is 22.0 Å². The molecule has 3 rings (SSSR count). The maximum absolute atomic E-state index is 11.4. The predicted molar refractivity (Wildman–Crippen MR) is 116 cm³/mol. The summed E-state index contributed by atoms with van der Waals surface area (Å²) in [6.07, 6.45) is 4.07. The third-order valence-corrected chi connectivity index (χ3v) is 5.18. The van der Waals surface area contributed by atoms with E-state index in [1.807, 2.05) is 38.2 Å². The second-order valence-corrected chi connectivity index (χ2v) is 7.18. The second kappa shape index (κ2) is 8.38. The number of rotatable bonds is 7. The average molecular weight is 377 g/mol. The van der Waals surface area contributed by atoms with Gasteiger partial charge in [0.2, 0.25) is 0 Å². The molecule has 0 bridgehead atoms. The van der Waals surface area contributed by atoms with Crippen LogP contribution in [0.4, 0.5) is 11.4 Å². The molecule has 5 heteroatoms. The Morgan fingerprint density at radius 3 is 2.25 bits per heavy atom. The summed E-state index contributed by atoms with van der Waals surface area (Å²) < 4.78 is 0. The van der Waals surface area contributed by atoms with Crippen molar-refractivity contribution in [3.8, 4) is 11.3 Å². The maximum atomic E-state index is 11.4. The lowest BCUT2D eigenvalue weighted by atomic mass is 9.94. The van der Waals surface area contributed by atoms with Crippen molar-refractivity contribution in [3.05, 3.63) is 63.8 Å².